The molecule has 0 atom stereocenters. The number of carbonyl (C=O) groups is 14. The topological polar surface area (TPSA) is 425 Å². The van der Waals surface area contributed by atoms with Crippen molar-refractivity contribution >= 4 is 132 Å². The number of pyridine rings is 2. The predicted octanol–water partition coefficient (Wildman–Crippen LogP) is 9.94. The molecule has 6 amide bonds. The minimum Gasteiger partial charge on any atom is -0.870 e. The normalized spacial score (nSPS) is 17.6. The maximum Gasteiger partial charge on any atom is 1.00 e. The van der Waals surface area contributed by atoms with Gasteiger partial charge in [0.25, 0.3) is 11.7 Å². The summed E-state index contributed by atoms with van der Waals surface area (Å²) in [4.78, 5) is 175. The summed E-state index contributed by atoms with van der Waals surface area (Å²) in [5, 5.41) is 47.7. The number of aromatic hydroxyl groups is 2. The number of aryl methyl sites for hydroxylation is 5. The van der Waals surface area contributed by atoms with Crippen LogP contribution in [0.5, 0.6) is 11.5 Å². The van der Waals surface area contributed by atoms with Crippen LogP contribution in [0, 0.1) is 23.7 Å². The van der Waals surface area contributed by atoms with Crippen LogP contribution in [0.15, 0.2) is 36.4 Å². The van der Waals surface area contributed by atoms with Crippen LogP contribution in [0.1, 0.15) is 274 Å². The second-order valence-corrected chi connectivity index (χ2v) is 33.1. The van der Waals surface area contributed by atoms with Crippen LogP contribution in [0.2, 0.25) is 0 Å². The zero-order valence-electron chi connectivity index (χ0n) is 71.0. The number of anilines is 1. The fourth-order valence-corrected chi connectivity index (χ4v) is 18.0. The van der Waals surface area contributed by atoms with E-state index in [1.165, 1.54) is 54.5 Å². The zero-order chi connectivity index (χ0) is 86.5. The van der Waals surface area contributed by atoms with Crippen LogP contribution >= 0.6 is 23.2 Å². The molecule has 0 unspecified atom stereocenters. The first-order valence-corrected chi connectivity index (χ1v) is 42.9. The Labute approximate surface area is 760 Å². The Morgan fingerprint density at radius 1 is 0.452 bits per heavy atom. The Hall–Kier alpha value is -8.84. The molecular formula is C92H128Cl2N9NaO20. The zero-order valence-corrected chi connectivity index (χ0v) is 74.6. The monoisotopic (exact) mass is 1770 g/mol. The molecule has 7 N–H and O–H groups in total. The summed E-state index contributed by atoms with van der Waals surface area (Å²) in [7, 11) is 0. The van der Waals surface area contributed by atoms with Gasteiger partial charge in [-0.05, 0) is 225 Å². The molecule has 3 aliphatic carbocycles. The van der Waals surface area contributed by atoms with Crippen molar-refractivity contribution in [3.63, 3.8) is 0 Å². The van der Waals surface area contributed by atoms with Crippen molar-refractivity contribution in [2.24, 2.45) is 23.7 Å². The van der Waals surface area contributed by atoms with Gasteiger partial charge in [0, 0.05) is 153 Å². The quantitative estimate of drug-likeness (QED) is 0.0235. The number of hydrogen-bond acceptors (Lipinski definition) is 21. The number of aromatic carboxylic acids is 2. The maximum atomic E-state index is 11.9. The molecule has 32 heteroatoms. The van der Waals surface area contributed by atoms with Gasteiger partial charge in [0.05, 0.1) is 39.6 Å². The molecule has 3 aromatic carbocycles. The summed E-state index contributed by atoms with van der Waals surface area (Å²) in [6, 6.07) is 11.4. The predicted molar refractivity (Wildman–Crippen MR) is 470 cm³/mol. The first kappa shape index (κ1) is 107. The Kier molecular flexibility index (Phi) is 44.3. The SMILES string of the molecule is C.C.C.CC(=O)C1CCN(C(C)=O)CC1.CC(=O)N1CCC(C(=O)CCl)CC1.CC(=O)N1CCC(C(=O)Cl)CC1.CC(=O)N1CCC(c2nc3c4c(ccc3c(C(=O)O)c2O)CCCC4)CC1.CC(=O)OCC(=O)C1CCN(C(C)=O)CC1.O=C(O)c1c(O)c(C2CCNCC2)nc2c3c(ccc12)CCCC3.O=C1Nc2c(ccc3c2CCCC3)C1=O.[Na+].[OH-]. The molecule has 676 valence electrons. The molecule has 6 saturated heterocycles. The number of nitrogens with zero attached hydrogens (tertiary/aromatic N) is 7. The molecule has 6 fully saturated rings. The van der Waals surface area contributed by atoms with Gasteiger partial charge in [-0.25, -0.2) is 19.6 Å². The first-order chi connectivity index (χ1) is 56.8. The second kappa shape index (κ2) is 51.1. The summed E-state index contributed by atoms with van der Waals surface area (Å²) < 4.78 is 4.66. The van der Waals surface area contributed by atoms with Crippen molar-refractivity contribution in [3.05, 3.63) is 97.9 Å². The van der Waals surface area contributed by atoms with Crippen molar-refractivity contribution in [1.82, 2.24) is 39.8 Å². The fraction of sp³-hybridized carbons (Fsp3) is 0.587. The van der Waals surface area contributed by atoms with E-state index in [1.54, 1.807) is 71.3 Å². The minimum atomic E-state index is -1.13. The number of aromatic nitrogens is 2. The van der Waals surface area contributed by atoms with Crippen molar-refractivity contribution in [2.75, 3.05) is 96.3 Å². The largest absolute Gasteiger partial charge is 1.00 e. The van der Waals surface area contributed by atoms with Crippen LogP contribution in [0.25, 0.3) is 21.8 Å². The third kappa shape index (κ3) is 28.3. The summed E-state index contributed by atoms with van der Waals surface area (Å²) >= 11 is 10.8. The van der Waals surface area contributed by atoms with Gasteiger partial charge >= 0.3 is 47.5 Å². The van der Waals surface area contributed by atoms with Gasteiger partial charge in [0.2, 0.25) is 34.8 Å². The standard InChI is InChI=1S/C21H24N2O4.C19H22N2O3.C12H11NO2.C11H17NO4.C9H14ClNO2.C9H15NO2.C8H12ClNO2.3CH4.Na.H2O/c1-12(24)23-10-8-14(9-11-23)18-20(25)17(21(26)27)16-7-6-13-4-2-3-5-15(13)19(16)22-18;22-18-15(19(23)24)14-6-5-11-3-1-2-4-13(11)17(14)21-16(18)12-7-9-20-10-8-12;14-11-9-6-5-7-3-1-2-4-8(7)10(9)13-12(11)15;1-8(13)12-5-3-10(4-6-12)11(15)7-16-9(2)14;1-7(12)11-4-2-8(3-5-11)9(13)6-10;1-7(11)9-3-5-10(6-4-9)8(2)12;1-6(11)10-4-2-7(3-5-10)8(9)12;;;;;/h6-7,14,25H,2-5,8-11H2,1H3,(H,26,27);5-6,12,20,22H,1-4,7-10H2,(H,23,24);5-6H,1-4H2,(H,13,14,15);10H,3-7H2,1-2H3;8H,2-6H2,1H3;9H,3-6H2,1-2H3;7H,2-5H2,1H3;3*1H4;;1H2/q;;;;;;;;;;+1;/p-1. The minimum absolute atomic E-state index is 0. The molecular weight excluding hydrogens is 1640 g/mol. The van der Waals surface area contributed by atoms with Gasteiger partial charge in [-0.2, -0.15) is 0 Å². The number of esters is 1. The molecule has 0 saturated carbocycles. The Bertz CT molecular complexity index is 4540. The summed E-state index contributed by atoms with van der Waals surface area (Å²) in [6.45, 7) is 19.0. The molecule has 7 aliphatic heterocycles. The number of Topliss-reactive ketones (excluding diaryl/α,β-unsaturated/α-hetero) is 4. The number of rotatable bonds is 11. The number of likely N-dealkylation sites (tertiary alicyclic amines) is 5. The average Bonchev–Trinajstić information content (AvgIpc) is 0.962. The first-order valence-electron chi connectivity index (χ1n) is 42.0. The van der Waals surface area contributed by atoms with E-state index in [1.807, 2.05) is 24.3 Å². The van der Waals surface area contributed by atoms with E-state index in [-0.39, 0.29) is 180 Å². The van der Waals surface area contributed by atoms with E-state index in [0.717, 1.165) is 151 Å². The number of halogens is 2. The van der Waals surface area contributed by atoms with E-state index in [2.05, 4.69) is 15.4 Å². The molecule has 10 aliphatic rings. The van der Waals surface area contributed by atoms with Crippen LogP contribution in [0.4, 0.5) is 5.69 Å². The van der Waals surface area contributed by atoms with Crippen molar-refractivity contribution in [2.45, 2.75) is 237 Å². The Morgan fingerprint density at radius 2 is 0.782 bits per heavy atom. The number of carbonyl (C=O) groups excluding carboxylic acids is 12. The van der Waals surface area contributed by atoms with Crippen molar-refractivity contribution < 1.29 is 127 Å². The number of carboxylic acid groups (broad SMARTS) is 2. The van der Waals surface area contributed by atoms with E-state index >= 15 is 0 Å². The number of alkyl halides is 1. The second-order valence-electron chi connectivity index (χ2n) is 32.5. The van der Waals surface area contributed by atoms with Crippen LogP contribution < -0.4 is 40.2 Å². The number of carboxylic acids is 2. The van der Waals surface area contributed by atoms with Gasteiger partial charge in [-0.1, -0.05) is 52.6 Å². The summed E-state index contributed by atoms with van der Waals surface area (Å²) in [5.74, 6) is -2.81. The molecule has 9 heterocycles. The Balaban J connectivity index is 0.000000309. The van der Waals surface area contributed by atoms with E-state index in [9.17, 15) is 87.5 Å². The molecule has 0 spiro atoms. The number of benzene rings is 3. The third-order valence-corrected chi connectivity index (χ3v) is 25.4. The van der Waals surface area contributed by atoms with E-state index < -0.39 is 29.6 Å². The number of fused-ring (bicyclic) bond motifs is 9. The van der Waals surface area contributed by atoms with Gasteiger partial charge in [0.15, 0.2) is 23.1 Å². The third-order valence-electron chi connectivity index (χ3n) is 24.8. The van der Waals surface area contributed by atoms with Gasteiger partial charge in [-0.15, -0.1) is 11.6 Å². The van der Waals surface area contributed by atoms with Crippen LogP contribution in [-0.2, 0) is 96.0 Å². The average molecular weight is 1770 g/mol. The van der Waals surface area contributed by atoms with Crippen molar-refractivity contribution in [3.8, 4) is 11.5 Å². The van der Waals surface area contributed by atoms with Crippen LogP contribution in [0.3, 0.4) is 0 Å². The number of ether oxygens (including phenoxy) is 1. The van der Waals surface area contributed by atoms with Gasteiger partial charge < -0.3 is 65.8 Å². The van der Waals surface area contributed by atoms with Crippen molar-refractivity contribution in [1.29, 1.82) is 0 Å². The van der Waals surface area contributed by atoms with Gasteiger partial charge in [-0.3, -0.25) is 57.5 Å². The summed E-state index contributed by atoms with van der Waals surface area (Å²) in [5.41, 5.74) is 11.2. The molecule has 124 heavy (non-hydrogen) atoms. The number of amides is 6. The van der Waals surface area contributed by atoms with E-state index in [0.29, 0.717) is 119 Å². The molecule has 0 radical (unpaired) electrons. The smallest absolute Gasteiger partial charge is 0.870 e. The molecule has 29 nitrogen and oxygen atoms in total. The number of hydrogen-bond donors (Lipinski definition) is 6. The van der Waals surface area contributed by atoms with Gasteiger partial charge in [0.1, 0.15) is 23.5 Å². The molecule has 2 aromatic heterocycles. The Morgan fingerprint density at radius 3 is 1.14 bits per heavy atom. The molecule has 15 rings (SSSR count). The summed E-state index contributed by atoms with van der Waals surface area (Å²) in [6.07, 6.45) is 21.8. The van der Waals surface area contributed by atoms with E-state index in [4.69, 9.17) is 33.2 Å². The number of piperidine rings is 6. The maximum absolute atomic E-state index is 11.9. The molecule has 0 bridgehead atoms. The van der Waals surface area contributed by atoms with Crippen LogP contribution in [-0.4, -0.2) is 233 Å². The number of nitrogens with one attached hydrogen (secondary N) is 2. The number of ketones is 4. The fourth-order valence-electron chi connectivity index (χ4n) is 17.6. The molecule has 5 aromatic rings.